The van der Waals surface area contributed by atoms with Gasteiger partial charge in [-0.25, -0.2) is 4.99 Å². The van der Waals surface area contributed by atoms with Crippen LogP contribution in [0.2, 0.25) is 0 Å². The highest BCUT2D eigenvalue weighted by atomic mass is 15.0. The van der Waals surface area contributed by atoms with E-state index in [1.807, 2.05) is 0 Å². The highest BCUT2D eigenvalue weighted by Gasteiger charge is 2.20. The molecule has 0 unspecified atom stereocenters. The maximum Gasteiger partial charge on any atom is 0.0860 e. The zero-order chi connectivity index (χ0) is 44.4. The molecule has 10 aromatic carbocycles. The first-order valence-corrected chi connectivity index (χ1v) is 22.9. The molecule has 67 heavy (non-hydrogen) atoms. The fourth-order valence-electron chi connectivity index (χ4n) is 10.7. The zero-order valence-corrected chi connectivity index (χ0v) is 36.6. The van der Waals surface area contributed by atoms with Gasteiger partial charge in [0.25, 0.3) is 0 Å². The number of fused-ring (bicyclic) bond motifs is 9. The topological polar surface area (TPSA) is 53.2 Å². The van der Waals surface area contributed by atoms with Crippen LogP contribution >= 0.6 is 0 Å². The monoisotopic (exact) mass is 857 g/mol. The standard InChI is InChI=1S/C62H43N5/c63-40-64-62-48(43-29-35-46(36-30-43)67-60-23-11-5-17-53(60)54-18-6-12-24-61(54)67)38-37-47(42-27-33-45(34-28-42)66-58-21-9-3-15-51(58)52-16-4-10-22-59(52)66)55(62)39-41-25-31-44(32-26-41)65-56-19-7-1-13-49(56)50-14-2-8-20-57(50)65/h1-38,40H,39H2,(H2,63,64). The van der Waals surface area contributed by atoms with Gasteiger partial charge in [0.05, 0.1) is 45.1 Å². The predicted octanol–water partition coefficient (Wildman–Crippen LogP) is 15.5. The van der Waals surface area contributed by atoms with Crippen molar-refractivity contribution in [3.8, 4) is 39.3 Å². The Kier molecular flexibility index (Phi) is 9.00. The molecule has 5 nitrogen and oxygen atoms in total. The highest BCUT2D eigenvalue weighted by molar-refractivity contribution is 6.11. The van der Waals surface area contributed by atoms with Crippen molar-refractivity contribution < 1.29 is 0 Å². The molecule has 0 aliphatic carbocycles. The van der Waals surface area contributed by atoms with Gasteiger partial charge >= 0.3 is 0 Å². The third-order valence-corrected chi connectivity index (χ3v) is 13.7. The van der Waals surface area contributed by atoms with E-state index in [1.165, 1.54) is 77.3 Å². The van der Waals surface area contributed by atoms with Crippen molar-refractivity contribution in [3.05, 3.63) is 242 Å². The first-order valence-electron chi connectivity index (χ1n) is 22.9. The van der Waals surface area contributed by atoms with Gasteiger partial charge in [0.2, 0.25) is 0 Å². The largest absolute Gasteiger partial charge is 0.390 e. The Balaban J connectivity index is 0.939. The van der Waals surface area contributed by atoms with Gasteiger partial charge in [-0.05, 0) is 101 Å². The first-order chi connectivity index (χ1) is 33.2. The van der Waals surface area contributed by atoms with Gasteiger partial charge < -0.3 is 19.4 Å². The molecule has 0 atom stereocenters. The molecule has 0 saturated heterocycles. The summed E-state index contributed by atoms with van der Waals surface area (Å²) in [5, 5.41) is 7.48. The molecular weight excluding hydrogens is 815 g/mol. The average molecular weight is 858 g/mol. The molecule has 13 rings (SSSR count). The maximum atomic E-state index is 6.28. The molecule has 0 amide bonds. The molecule has 0 bridgehead atoms. The molecule has 0 aliphatic rings. The van der Waals surface area contributed by atoms with Crippen molar-refractivity contribution in [1.29, 1.82) is 0 Å². The van der Waals surface area contributed by atoms with E-state index in [-0.39, 0.29) is 0 Å². The normalized spacial score (nSPS) is 11.9. The molecule has 0 fully saturated rings. The number of nitrogens with two attached hydrogens (primary N) is 1. The Hall–Kier alpha value is -8.93. The lowest BCUT2D eigenvalue weighted by molar-refractivity contribution is 1.14. The second kappa shape index (κ2) is 15.7. The van der Waals surface area contributed by atoms with E-state index in [9.17, 15) is 0 Å². The van der Waals surface area contributed by atoms with Crippen LogP contribution in [-0.4, -0.2) is 20.0 Å². The van der Waals surface area contributed by atoms with Crippen molar-refractivity contribution >= 4 is 77.4 Å². The summed E-state index contributed by atoms with van der Waals surface area (Å²) >= 11 is 0. The molecule has 2 N–H and O–H groups in total. The predicted molar refractivity (Wildman–Crippen MR) is 282 cm³/mol. The molecule has 316 valence electrons. The van der Waals surface area contributed by atoms with E-state index in [4.69, 9.17) is 10.7 Å². The summed E-state index contributed by atoms with van der Waals surface area (Å²) in [6, 6.07) is 83.3. The Morgan fingerprint density at radius 1 is 0.328 bits per heavy atom. The minimum absolute atomic E-state index is 0.650. The summed E-state index contributed by atoms with van der Waals surface area (Å²) in [5.74, 6) is 0. The van der Waals surface area contributed by atoms with Crippen molar-refractivity contribution in [2.45, 2.75) is 6.42 Å². The van der Waals surface area contributed by atoms with Crippen molar-refractivity contribution in [3.63, 3.8) is 0 Å². The minimum Gasteiger partial charge on any atom is -0.390 e. The van der Waals surface area contributed by atoms with Crippen LogP contribution in [0.3, 0.4) is 0 Å². The summed E-state index contributed by atoms with van der Waals surface area (Å²) in [4.78, 5) is 5.01. The van der Waals surface area contributed by atoms with Crippen molar-refractivity contribution in [2.75, 3.05) is 0 Å². The first kappa shape index (κ1) is 38.5. The summed E-state index contributed by atoms with van der Waals surface area (Å²) in [5.41, 5.74) is 24.2. The zero-order valence-electron chi connectivity index (χ0n) is 36.6. The molecule has 5 heteroatoms. The number of nitrogens with zero attached hydrogens (tertiary/aromatic N) is 4. The SMILES string of the molecule is NC=Nc1c(-c2ccc(-n3c4ccccc4c4ccccc43)cc2)ccc(-c2ccc(-n3c4ccccc4c4ccccc43)cc2)c1Cc1ccc(-n2c3ccccc3c3ccccc32)cc1. The lowest BCUT2D eigenvalue weighted by Gasteiger charge is -2.18. The van der Waals surface area contributed by atoms with Gasteiger partial charge in [0.15, 0.2) is 0 Å². The summed E-state index contributed by atoms with van der Waals surface area (Å²) in [6.07, 6.45) is 2.09. The van der Waals surface area contributed by atoms with Gasteiger partial charge in [-0.2, -0.15) is 0 Å². The van der Waals surface area contributed by atoms with Crippen LogP contribution < -0.4 is 5.73 Å². The number of benzene rings is 10. The maximum absolute atomic E-state index is 6.28. The number of rotatable bonds is 8. The Bertz CT molecular complexity index is 3890. The van der Waals surface area contributed by atoms with E-state index in [0.29, 0.717) is 6.42 Å². The summed E-state index contributed by atoms with van der Waals surface area (Å²) in [6.45, 7) is 0. The van der Waals surface area contributed by atoms with Crippen LogP contribution in [0.1, 0.15) is 11.1 Å². The molecule has 0 radical (unpaired) electrons. The number of hydrogen-bond donors (Lipinski definition) is 1. The van der Waals surface area contributed by atoms with Crippen LogP contribution in [0.5, 0.6) is 0 Å². The molecule has 0 spiro atoms. The van der Waals surface area contributed by atoms with E-state index in [1.54, 1.807) is 0 Å². The fourth-order valence-corrected chi connectivity index (χ4v) is 10.7. The molecule has 13 aromatic rings. The number of aromatic nitrogens is 3. The average Bonchev–Trinajstić information content (AvgIpc) is 4.03. The number of hydrogen-bond acceptors (Lipinski definition) is 1. The lowest BCUT2D eigenvalue weighted by atomic mass is 9.89. The van der Waals surface area contributed by atoms with Gasteiger partial charge in [-0.15, -0.1) is 0 Å². The van der Waals surface area contributed by atoms with Gasteiger partial charge in [-0.1, -0.05) is 158 Å². The van der Waals surface area contributed by atoms with Crippen LogP contribution in [0.25, 0.3) is 105 Å². The van der Waals surface area contributed by atoms with Crippen molar-refractivity contribution in [1.82, 2.24) is 13.7 Å². The second-order valence-electron chi connectivity index (χ2n) is 17.3. The van der Waals surface area contributed by atoms with E-state index >= 15 is 0 Å². The smallest absolute Gasteiger partial charge is 0.0860 e. The van der Waals surface area contributed by atoms with E-state index in [2.05, 4.69) is 244 Å². The highest BCUT2D eigenvalue weighted by Crippen LogP contribution is 2.43. The minimum atomic E-state index is 0.650. The fraction of sp³-hybridized carbons (Fsp3) is 0.0161. The quantitative estimate of drug-likeness (QED) is 0.120. The summed E-state index contributed by atoms with van der Waals surface area (Å²) in [7, 11) is 0. The molecule has 0 aliphatic heterocycles. The van der Waals surface area contributed by atoms with Crippen LogP contribution in [-0.2, 0) is 6.42 Å². The lowest BCUT2D eigenvalue weighted by Crippen LogP contribution is -1.99. The number of para-hydroxylation sites is 6. The third kappa shape index (κ3) is 6.20. The van der Waals surface area contributed by atoms with E-state index in [0.717, 1.165) is 50.6 Å². The molecule has 3 aromatic heterocycles. The van der Waals surface area contributed by atoms with Gasteiger partial charge in [0, 0.05) is 61.4 Å². The summed E-state index contributed by atoms with van der Waals surface area (Å²) < 4.78 is 7.09. The Labute approximate surface area is 387 Å². The molecule has 0 saturated carbocycles. The second-order valence-corrected chi connectivity index (χ2v) is 17.3. The van der Waals surface area contributed by atoms with Crippen LogP contribution in [0.15, 0.2) is 236 Å². The van der Waals surface area contributed by atoms with Gasteiger partial charge in [0.1, 0.15) is 0 Å². The Morgan fingerprint density at radius 2 is 0.627 bits per heavy atom. The third-order valence-electron chi connectivity index (χ3n) is 13.7. The van der Waals surface area contributed by atoms with Crippen molar-refractivity contribution in [2.24, 2.45) is 10.7 Å². The van der Waals surface area contributed by atoms with Crippen LogP contribution in [0.4, 0.5) is 5.69 Å². The van der Waals surface area contributed by atoms with Crippen LogP contribution in [0, 0.1) is 0 Å². The number of aliphatic imine (C=N–C) groups is 1. The Morgan fingerprint density at radius 3 is 0.970 bits per heavy atom. The molecule has 3 heterocycles. The van der Waals surface area contributed by atoms with Gasteiger partial charge in [-0.3, -0.25) is 0 Å². The molecular formula is C62H43N5. The van der Waals surface area contributed by atoms with E-state index < -0.39 is 0 Å².